The largest absolute Gasteiger partial charge is 0.481 e. The van der Waals surface area contributed by atoms with E-state index in [1.807, 2.05) is 6.92 Å². The summed E-state index contributed by atoms with van der Waals surface area (Å²) in [5.74, 6) is 1.23. The van der Waals surface area contributed by atoms with Crippen LogP contribution in [0.4, 0.5) is 5.69 Å². The van der Waals surface area contributed by atoms with Crippen LogP contribution < -0.4 is 4.90 Å². The summed E-state index contributed by atoms with van der Waals surface area (Å²) in [6.45, 7) is 2.98. The maximum atomic E-state index is 11.9. The van der Waals surface area contributed by atoms with Crippen LogP contribution in [0.2, 0.25) is 0 Å². The first-order valence-corrected chi connectivity index (χ1v) is 7.25. The predicted molar refractivity (Wildman–Crippen MR) is 84.9 cm³/mol. The second-order valence-corrected chi connectivity index (χ2v) is 4.81. The van der Waals surface area contributed by atoms with E-state index in [0.717, 1.165) is 12.8 Å². The molecule has 0 saturated carbocycles. The number of hydrogen-bond acceptors (Lipinski definition) is 4. The molecule has 1 aromatic rings. The van der Waals surface area contributed by atoms with Gasteiger partial charge in [0, 0.05) is 12.2 Å². The molecule has 0 saturated heterocycles. The topological polar surface area (TPSA) is 66.8 Å². The molecular weight excluding hydrogens is 282 g/mol. The third-order valence-electron chi connectivity index (χ3n) is 3.06. The van der Waals surface area contributed by atoms with Crippen molar-refractivity contribution in [1.29, 1.82) is 0 Å². The molecule has 0 heterocycles. The summed E-state index contributed by atoms with van der Waals surface area (Å²) in [5, 5.41) is 8.79. The molecule has 5 nitrogen and oxygen atoms in total. The molecule has 0 fully saturated rings. The number of carbonyl (C=O) groups is 2. The van der Waals surface area contributed by atoms with E-state index in [-0.39, 0.29) is 25.5 Å². The van der Waals surface area contributed by atoms with Crippen molar-refractivity contribution in [3.05, 3.63) is 29.8 Å². The van der Waals surface area contributed by atoms with Gasteiger partial charge in [0.15, 0.2) is 0 Å². The highest BCUT2D eigenvalue weighted by Crippen LogP contribution is 2.17. The molecule has 0 unspecified atom stereocenters. The molecule has 118 valence electrons. The van der Waals surface area contributed by atoms with Crippen LogP contribution in [0.15, 0.2) is 24.3 Å². The van der Waals surface area contributed by atoms with Gasteiger partial charge >= 0.3 is 11.9 Å². The van der Waals surface area contributed by atoms with E-state index in [2.05, 4.69) is 5.92 Å². The lowest BCUT2D eigenvalue weighted by Gasteiger charge is -2.22. The first kappa shape index (κ1) is 17.6. The first-order chi connectivity index (χ1) is 10.6. The third kappa shape index (κ3) is 5.88. The van der Waals surface area contributed by atoms with E-state index in [0.29, 0.717) is 17.9 Å². The van der Waals surface area contributed by atoms with Crippen molar-refractivity contribution in [3.8, 4) is 12.3 Å². The molecule has 0 aliphatic heterocycles. The van der Waals surface area contributed by atoms with Gasteiger partial charge in [-0.05, 0) is 24.6 Å². The quantitative estimate of drug-likeness (QED) is 0.431. The molecule has 0 radical (unpaired) electrons. The number of ether oxygens (including phenoxy) is 1. The van der Waals surface area contributed by atoms with Crippen LogP contribution in [0.1, 0.15) is 36.5 Å². The number of unbranched alkanes of at least 4 members (excludes halogenated alkanes) is 1. The van der Waals surface area contributed by atoms with Crippen molar-refractivity contribution in [2.24, 2.45) is 0 Å². The number of hydrogen-bond donors (Lipinski definition) is 1. The highest BCUT2D eigenvalue weighted by atomic mass is 16.5. The number of aliphatic carboxylic acids is 1. The predicted octanol–water partition coefficient (Wildman–Crippen LogP) is 2.56. The Morgan fingerprint density at radius 2 is 2.18 bits per heavy atom. The highest BCUT2D eigenvalue weighted by Gasteiger charge is 2.12. The fourth-order valence-corrected chi connectivity index (χ4v) is 1.86. The first-order valence-electron chi connectivity index (χ1n) is 7.25. The van der Waals surface area contributed by atoms with Gasteiger partial charge in [-0.2, -0.15) is 0 Å². The summed E-state index contributed by atoms with van der Waals surface area (Å²) in [5.41, 5.74) is 1.15. The van der Waals surface area contributed by atoms with Gasteiger partial charge < -0.3 is 14.7 Å². The number of rotatable bonds is 9. The van der Waals surface area contributed by atoms with E-state index >= 15 is 0 Å². The molecule has 1 aromatic carbocycles. The van der Waals surface area contributed by atoms with Gasteiger partial charge in [-0.3, -0.25) is 4.79 Å². The SMILES string of the molecule is C#CCN(CCC(=O)O)c1cccc(C(=O)OCCCC)c1. The number of nitrogens with zero attached hydrogens (tertiary/aromatic N) is 1. The summed E-state index contributed by atoms with van der Waals surface area (Å²) in [7, 11) is 0. The van der Waals surface area contributed by atoms with E-state index < -0.39 is 5.97 Å². The van der Waals surface area contributed by atoms with Crippen LogP contribution in [-0.4, -0.2) is 36.7 Å². The number of carbonyl (C=O) groups excluding carboxylic acids is 1. The fraction of sp³-hybridized carbons (Fsp3) is 0.412. The number of benzene rings is 1. The fourth-order valence-electron chi connectivity index (χ4n) is 1.86. The van der Waals surface area contributed by atoms with Gasteiger partial charge in [0.25, 0.3) is 0 Å². The van der Waals surface area contributed by atoms with Crippen molar-refractivity contribution in [1.82, 2.24) is 0 Å². The van der Waals surface area contributed by atoms with Gasteiger partial charge in [-0.1, -0.05) is 25.3 Å². The minimum absolute atomic E-state index is 0.0210. The zero-order valence-corrected chi connectivity index (χ0v) is 12.7. The van der Waals surface area contributed by atoms with Crippen molar-refractivity contribution in [2.45, 2.75) is 26.2 Å². The van der Waals surface area contributed by atoms with Crippen LogP contribution >= 0.6 is 0 Å². The van der Waals surface area contributed by atoms with Crippen molar-refractivity contribution in [3.63, 3.8) is 0 Å². The molecule has 0 aliphatic carbocycles. The molecule has 0 bridgehead atoms. The normalized spacial score (nSPS) is 9.82. The Balaban J connectivity index is 2.80. The Bertz CT molecular complexity index is 548. The number of carboxylic acid groups (broad SMARTS) is 1. The Labute approximate surface area is 130 Å². The minimum Gasteiger partial charge on any atom is -0.481 e. The minimum atomic E-state index is -0.892. The maximum Gasteiger partial charge on any atom is 0.338 e. The number of anilines is 1. The molecule has 1 rings (SSSR count). The lowest BCUT2D eigenvalue weighted by atomic mass is 10.2. The second kappa shape index (κ2) is 9.46. The Hall–Kier alpha value is -2.48. The Morgan fingerprint density at radius 3 is 2.82 bits per heavy atom. The summed E-state index contributed by atoms with van der Waals surface area (Å²) < 4.78 is 5.17. The molecule has 1 N–H and O–H groups in total. The monoisotopic (exact) mass is 303 g/mol. The average Bonchev–Trinajstić information content (AvgIpc) is 2.51. The molecular formula is C17H21NO4. The summed E-state index contributed by atoms with van der Waals surface area (Å²) in [6, 6.07) is 6.87. The molecule has 0 aliphatic rings. The van der Waals surface area contributed by atoms with E-state index in [1.165, 1.54) is 0 Å². The second-order valence-electron chi connectivity index (χ2n) is 4.81. The van der Waals surface area contributed by atoms with Gasteiger partial charge in [0.05, 0.1) is 25.1 Å². The standard InChI is InChI=1S/C17H21NO4/c1-3-5-12-22-17(21)14-7-6-8-15(13-14)18(10-4-2)11-9-16(19)20/h2,6-8,13H,3,5,9-12H2,1H3,(H,19,20). The lowest BCUT2D eigenvalue weighted by molar-refractivity contribution is -0.136. The Kier molecular flexibility index (Phi) is 7.55. The Morgan fingerprint density at radius 1 is 1.41 bits per heavy atom. The molecule has 0 atom stereocenters. The van der Waals surface area contributed by atoms with Crippen LogP contribution in [0, 0.1) is 12.3 Å². The molecule has 0 spiro atoms. The van der Waals surface area contributed by atoms with Crippen LogP contribution in [0.3, 0.4) is 0 Å². The van der Waals surface area contributed by atoms with Gasteiger partial charge in [0.1, 0.15) is 0 Å². The summed E-state index contributed by atoms with van der Waals surface area (Å²) in [6.07, 6.45) is 7.08. The molecule has 5 heteroatoms. The van der Waals surface area contributed by atoms with Gasteiger partial charge in [0.2, 0.25) is 0 Å². The van der Waals surface area contributed by atoms with Crippen molar-refractivity contribution >= 4 is 17.6 Å². The smallest absolute Gasteiger partial charge is 0.338 e. The van der Waals surface area contributed by atoms with Crippen LogP contribution in [0.25, 0.3) is 0 Å². The summed E-state index contributed by atoms with van der Waals surface area (Å²) >= 11 is 0. The van der Waals surface area contributed by atoms with Crippen molar-refractivity contribution < 1.29 is 19.4 Å². The number of esters is 1. The van der Waals surface area contributed by atoms with Gasteiger partial charge in [-0.15, -0.1) is 6.42 Å². The third-order valence-corrected chi connectivity index (χ3v) is 3.06. The number of carboxylic acids is 1. The van der Waals surface area contributed by atoms with E-state index in [1.54, 1.807) is 29.2 Å². The molecule has 0 amide bonds. The number of terminal acetylenes is 1. The maximum absolute atomic E-state index is 11.9. The zero-order valence-electron chi connectivity index (χ0n) is 12.7. The van der Waals surface area contributed by atoms with Crippen LogP contribution in [0.5, 0.6) is 0 Å². The lowest BCUT2D eigenvalue weighted by Crippen LogP contribution is -2.26. The van der Waals surface area contributed by atoms with Crippen LogP contribution in [-0.2, 0) is 9.53 Å². The van der Waals surface area contributed by atoms with Crippen molar-refractivity contribution in [2.75, 3.05) is 24.6 Å². The van der Waals surface area contributed by atoms with E-state index in [9.17, 15) is 9.59 Å². The molecule has 0 aromatic heterocycles. The average molecular weight is 303 g/mol. The van der Waals surface area contributed by atoms with E-state index in [4.69, 9.17) is 16.3 Å². The molecule has 22 heavy (non-hydrogen) atoms. The summed E-state index contributed by atoms with van der Waals surface area (Å²) in [4.78, 5) is 24.4. The highest BCUT2D eigenvalue weighted by molar-refractivity contribution is 5.90. The zero-order chi connectivity index (χ0) is 16.4. The van der Waals surface area contributed by atoms with Gasteiger partial charge in [-0.25, -0.2) is 4.79 Å².